The molecule has 0 fully saturated rings. The van der Waals surface area contributed by atoms with E-state index in [0.717, 1.165) is 18.4 Å². The zero-order chi connectivity index (χ0) is 12.3. The van der Waals surface area contributed by atoms with Crippen LogP contribution < -0.4 is 0 Å². The van der Waals surface area contributed by atoms with Crippen LogP contribution in [0.3, 0.4) is 0 Å². The predicted molar refractivity (Wildman–Crippen MR) is 81.2 cm³/mol. The minimum absolute atomic E-state index is 0.589. The molecule has 0 N–H and O–H groups in total. The topological polar surface area (TPSA) is 3.24 Å². The van der Waals surface area contributed by atoms with Gasteiger partial charge in [0.15, 0.2) is 0 Å². The average Bonchev–Trinajstić information content (AvgIpc) is 2.72. The molecule has 1 heterocycles. The number of benzene rings is 1. The molecular weight excluding hydrogens is 294 g/mol. The van der Waals surface area contributed by atoms with Gasteiger partial charge in [0.05, 0.1) is 0 Å². The summed E-state index contributed by atoms with van der Waals surface area (Å²) < 4.78 is 1.39. The first kappa shape index (κ1) is 13.1. The lowest BCUT2D eigenvalue weighted by Gasteiger charge is -2.25. The van der Waals surface area contributed by atoms with Crippen LogP contribution in [0.5, 0.6) is 0 Å². The van der Waals surface area contributed by atoms with Crippen molar-refractivity contribution in [2.24, 2.45) is 0 Å². The van der Waals surface area contributed by atoms with Crippen LogP contribution in [0.25, 0.3) is 10.1 Å². The fourth-order valence-electron chi connectivity index (χ4n) is 2.00. The number of rotatable bonds is 5. The van der Waals surface area contributed by atoms with E-state index >= 15 is 0 Å². The van der Waals surface area contributed by atoms with Gasteiger partial charge in [-0.25, -0.2) is 0 Å². The normalized spacial score (nSPS) is 11.8. The van der Waals surface area contributed by atoms with Crippen molar-refractivity contribution in [3.63, 3.8) is 0 Å². The molecule has 0 amide bonds. The van der Waals surface area contributed by atoms with Gasteiger partial charge in [-0.3, -0.25) is 4.90 Å². The van der Waals surface area contributed by atoms with Crippen LogP contribution >= 0.6 is 27.3 Å². The largest absolute Gasteiger partial charge is 0.296 e. The third kappa shape index (κ3) is 3.09. The summed E-state index contributed by atoms with van der Waals surface area (Å²) in [6.07, 6.45) is 0. The van der Waals surface area contributed by atoms with Crippen LogP contribution in [0.2, 0.25) is 0 Å². The van der Waals surface area contributed by atoms with Crippen molar-refractivity contribution >= 4 is 37.4 Å². The third-order valence-corrected chi connectivity index (χ3v) is 4.40. The fraction of sp³-hybridized carbons (Fsp3) is 0.429. The van der Waals surface area contributed by atoms with E-state index in [0.29, 0.717) is 6.04 Å². The molecule has 92 valence electrons. The number of hydrogen-bond acceptors (Lipinski definition) is 2. The number of alkyl halides is 1. The molecule has 0 saturated carbocycles. The van der Waals surface area contributed by atoms with Crippen LogP contribution in [-0.4, -0.2) is 22.8 Å². The van der Waals surface area contributed by atoms with Crippen LogP contribution in [0.4, 0.5) is 0 Å². The molecule has 0 unspecified atom stereocenters. The first-order valence-electron chi connectivity index (χ1n) is 5.97. The molecule has 0 aliphatic carbocycles. The van der Waals surface area contributed by atoms with Crippen LogP contribution in [-0.2, 0) is 6.54 Å². The van der Waals surface area contributed by atoms with Gasteiger partial charge in [0.1, 0.15) is 0 Å². The van der Waals surface area contributed by atoms with E-state index in [1.165, 1.54) is 15.6 Å². The second kappa shape index (κ2) is 5.98. The number of nitrogens with zero attached hydrogens (tertiary/aromatic N) is 1. The van der Waals surface area contributed by atoms with E-state index in [4.69, 9.17) is 0 Å². The van der Waals surface area contributed by atoms with Crippen molar-refractivity contribution in [3.05, 3.63) is 35.2 Å². The summed E-state index contributed by atoms with van der Waals surface area (Å²) in [5, 5.41) is 4.75. The van der Waals surface area contributed by atoms with Crippen molar-refractivity contribution in [2.45, 2.75) is 26.4 Å². The van der Waals surface area contributed by atoms with Crippen molar-refractivity contribution in [1.29, 1.82) is 0 Å². The van der Waals surface area contributed by atoms with Crippen molar-refractivity contribution < 1.29 is 0 Å². The highest BCUT2D eigenvalue weighted by Crippen LogP contribution is 2.27. The second-order valence-electron chi connectivity index (χ2n) is 4.51. The quantitative estimate of drug-likeness (QED) is 0.734. The van der Waals surface area contributed by atoms with Gasteiger partial charge < -0.3 is 0 Å². The summed E-state index contributed by atoms with van der Waals surface area (Å²) in [6.45, 7) is 6.67. The van der Waals surface area contributed by atoms with Gasteiger partial charge in [0.25, 0.3) is 0 Å². The summed E-state index contributed by atoms with van der Waals surface area (Å²) in [7, 11) is 0. The van der Waals surface area contributed by atoms with Gasteiger partial charge >= 0.3 is 0 Å². The zero-order valence-corrected chi connectivity index (χ0v) is 12.7. The highest BCUT2D eigenvalue weighted by molar-refractivity contribution is 9.09. The Labute approximate surface area is 116 Å². The Morgan fingerprint density at radius 3 is 2.76 bits per heavy atom. The number of halogens is 1. The van der Waals surface area contributed by atoms with E-state index in [2.05, 4.69) is 64.3 Å². The smallest absolute Gasteiger partial charge is 0.0346 e. The van der Waals surface area contributed by atoms with Crippen LogP contribution in [0.15, 0.2) is 29.6 Å². The lowest BCUT2D eigenvalue weighted by atomic mass is 10.1. The molecule has 0 bridgehead atoms. The molecule has 0 aliphatic rings. The SMILES string of the molecule is CC(C)N(CCBr)Cc1csc2ccccc12. The molecule has 1 aromatic heterocycles. The molecule has 0 atom stereocenters. The van der Waals surface area contributed by atoms with E-state index in [-0.39, 0.29) is 0 Å². The Morgan fingerprint density at radius 2 is 2.06 bits per heavy atom. The third-order valence-electron chi connectivity index (χ3n) is 3.04. The van der Waals surface area contributed by atoms with Gasteiger partial charge in [-0.15, -0.1) is 11.3 Å². The molecule has 0 saturated heterocycles. The lowest BCUT2D eigenvalue weighted by Crippen LogP contribution is -2.31. The Bertz CT molecular complexity index is 478. The van der Waals surface area contributed by atoms with E-state index < -0.39 is 0 Å². The molecule has 2 aromatic rings. The van der Waals surface area contributed by atoms with Gasteiger partial charge in [-0.05, 0) is 36.2 Å². The Hall–Kier alpha value is -0.380. The van der Waals surface area contributed by atoms with E-state index in [1.54, 1.807) is 0 Å². The van der Waals surface area contributed by atoms with Crippen molar-refractivity contribution in [2.75, 3.05) is 11.9 Å². The van der Waals surface area contributed by atoms with Gasteiger partial charge in [-0.1, -0.05) is 34.1 Å². The predicted octanol–water partition coefficient (Wildman–Crippen LogP) is 4.51. The van der Waals surface area contributed by atoms with E-state index in [9.17, 15) is 0 Å². The number of hydrogen-bond donors (Lipinski definition) is 0. The maximum atomic E-state index is 3.53. The molecule has 0 aliphatic heterocycles. The summed E-state index contributed by atoms with van der Waals surface area (Å²) in [6, 6.07) is 9.26. The zero-order valence-electron chi connectivity index (χ0n) is 10.3. The number of thiophene rings is 1. The van der Waals surface area contributed by atoms with Crippen molar-refractivity contribution in [1.82, 2.24) is 4.90 Å². The first-order chi connectivity index (χ1) is 8.22. The summed E-state index contributed by atoms with van der Waals surface area (Å²) in [5.41, 5.74) is 1.46. The Balaban J connectivity index is 2.22. The molecule has 0 spiro atoms. The van der Waals surface area contributed by atoms with Crippen molar-refractivity contribution in [3.8, 4) is 0 Å². The standard InChI is InChI=1S/C14H18BrNS/c1-11(2)16(8-7-15)9-12-10-17-14-6-4-3-5-13(12)14/h3-6,10-11H,7-9H2,1-2H3. The van der Waals surface area contributed by atoms with Crippen LogP contribution in [0, 0.1) is 0 Å². The molecule has 3 heteroatoms. The average molecular weight is 312 g/mol. The lowest BCUT2D eigenvalue weighted by molar-refractivity contribution is 0.228. The summed E-state index contributed by atoms with van der Waals surface area (Å²) >= 11 is 5.38. The minimum atomic E-state index is 0.589. The molecular formula is C14H18BrNS. The first-order valence-corrected chi connectivity index (χ1v) is 7.97. The molecule has 0 radical (unpaired) electrons. The highest BCUT2D eigenvalue weighted by Gasteiger charge is 2.11. The Kier molecular flexibility index (Phi) is 4.60. The molecule has 1 nitrogen and oxygen atoms in total. The van der Waals surface area contributed by atoms with Gasteiger partial charge in [-0.2, -0.15) is 0 Å². The minimum Gasteiger partial charge on any atom is -0.296 e. The summed E-state index contributed by atoms with van der Waals surface area (Å²) in [4.78, 5) is 2.50. The van der Waals surface area contributed by atoms with Crippen LogP contribution in [0.1, 0.15) is 19.4 Å². The molecule has 2 rings (SSSR count). The van der Waals surface area contributed by atoms with Gasteiger partial charge in [0, 0.05) is 29.2 Å². The molecule has 1 aromatic carbocycles. The Morgan fingerprint density at radius 1 is 1.29 bits per heavy atom. The van der Waals surface area contributed by atoms with Gasteiger partial charge in [0.2, 0.25) is 0 Å². The fourth-order valence-corrected chi connectivity index (χ4v) is 3.41. The monoisotopic (exact) mass is 311 g/mol. The summed E-state index contributed by atoms with van der Waals surface area (Å²) in [5.74, 6) is 0. The highest BCUT2D eigenvalue weighted by atomic mass is 79.9. The maximum Gasteiger partial charge on any atom is 0.0346 e. The number of fused-ring (bicyclic) bond motifs is 1. The molecule has 17 heavy (non-hydrogen) atoms. The second-order valence-corrected chi connectivity index (χ2v) is 6.21. The maximum absolute atomic E-state index is 3.53. The van der Waals surface area contributed by atoms with E-state index in [1.807, 2.05) is 11.3 Å².